The molecule has 4 nitrogen and oxygen atoms in total. The SMILES string of the molecule is OC(CN1CCOCC1)CN1CCC(c2ccccc2)CC1. The molecule has 2 aliphatic rings. The van der Waals surface area contributed by atoms with Gasteiger partial charge in [-0.15, -0.1) is 0 Å². The molecule has 2 saturated heterocycles. The number of ether oxygens (including phenoxy) is 1. The largest absolute Gasteiger partial charge is 0.390 e. The zero-order chi connectivity index (χ0) is 15.2. The van der Waals surface area contributed by atoms with Crippen LogP contribution in [-0.4, -0.2) is 73.5 Å². The van der Waals surface area contributed by atoms with Crippen LogP contribution in [-0.2, 0) is 4.74 Å². The van der Waals surface area contributed by atoms with Gasteiger partial charge in [0.2, 0.25) is 0 Å². The average Bonchev–Trinajstić information content (AvgIpc) is 2.57. The molecule has 0 spiro atoms. The Labute approximate surface area is 133 Å². The van der Waals surface area contributed by atoms with Gasteiger partial charge in [0.25, 0.3) is 0 Å². The molecular formula is C18H28N2O2. The van der Waals surface area contributed by atoms with Gasteiger partial charge in [-0.3, -0.25) is 4.90 Å². The molecule has 3 rings (SSSR count). The molecule has 0 aromatic heterocycles. The molecule has 1 N–H and O–H groups in total. The third-order valence-corrected chi connectivity index (χ3v) is 4.90. The van der Waals surface area contributed by atoms with Gasteiger partial charge in [-0.1, -0.05) is 30.3 Å². The Morgan fingerprint density at radius 1 is 0.955 bits per heavy atom. The van der Waals surface area contributed by atoms with Gasteiger partial charge in [0.1, 0.15) is 0 Å². The fraction of sp³-hybridized carbons (Fsp3) is 0.667. The van der Waals surface area contributed by atoms with E-state index in [1.54, 1.807) is 0 Å². The Hall–Kier alpha value is -0.940. The highest BCUT2D eigenvalue weighted by Crippen LogP contribution is 2.27. The number of rotatable bonds is 5. The molecule has 1 unspecified atom stereocenters. The van der Waals surface area contributed by atoms with Crippen molar-refractivity contribution in [2.24, 2.45) is 0 Å². The summed E-state index contributed by atoms with van der Waals surface area (Å²) in [5, 5.41) is 10.3. The van der Waals surface area contributed by atoms with E-state index in [1.165, 1.54) is 18.4 Å². The minimum Gasteiger partial charge on any atom is -0.390 e. The van der Waals surface area contributed by atoms with E-state index in [-0.39, 0.29) is 6.10 Å². The summed E-state index contributed by atoms with van der Waals surface area (Å²) in [5.74, 6) is 0.689. The van der Waals surface area contributed by atoms with Crippen molar-refractivity contribution in [3.05, 3.63) is 35.9 Å². The Balaban J connectivity index is 1.39. The van der Waals surface area contributed by atoms with Crippen LogP contribution in [0.1, 0.15) is 24.3 Å². The first kappa shape index (κ1) is 15.9. The number of morpholine rings is 1. The molecule has 0 bridgehead atoms. The molecule has 22 heavy (non-hydrogen) atoms. The predicted molar refractivity (Wildman–Crippen MR) is 88.1 cm³/mol. The summed E-state index contributed by atoms with van der Waals surface area (Å²) < 4.78 is 5.35. The smallest absolute Gasteiger partial charge is 0.0793 e. The Bertz CT molecular complexity index is 426. The number of piperidine rings is 1. The van der Waals surface area contributed by atoms with Gasteiger partial charge in [0, 0.05) is 26.2 Å². The fourth-order valence-electron chi connectivity index (χ4n) is 3.61. The third-order valence-electron chi connectivity index (χ3n) is 4.90. The van der Waals surface area contributed by atoms with Crippen LogP contribution in [0.3, 0.4) is 0 Å². The molecule has 0 saturated carbocycles. The molecule has 0 amide bonds. The van der Waals surface area contributed by atoms with Crippen molar-refractivity contribution in [3.63, 3.8) is 0 Å². The van der Waals surface area contributed by atoms with Crippen LogP contribution in [0.15, 0.2) is 30.3 Å². The molecule has 1 aromatic carbocycles. The number of hydrogen-bond acceptors (Lipinski definition) is 4. The van der Waals surface area contributed by atoms with Crippen LogP contribution in [0.25, 0.3) is 0 Å². The summed E-state index contributed by atoms with van der Waals surface area (Å²) >= 11 is 0. The lowest BCUT2D eigenvalue weighted by atomic mass is 9.89. The quantitative estimate of drug-likeness (QED) is 0.895. The highest BCUT2D eigenvalue weighted by Gasteiger charge is 2.23. The van der Waals surface area contributed by atoms with Gasteiger partial charge in [-0.25, -0.2) is 0 Å². The van der Waals surface area contributed by atoms with Crippen LogP contribution in [0.4, 0.5) is 0 Å². The van der Waals surface area contributed by atoms with E-state index in [1.807, 2.05) is 0 Å². The van der Waals surface area contributed by atoms with Gasteiger partial charge < -0.3 is 14.7 Å². The van der Waals surface area contributed by atoms with Crippen molar-refractivity contribution in [2.45, 2.75) is 24.9 Å². The number of nitrogens with zero attached hydrogens (tertiary/aromatic N) is 2. The second-order valence-corrected chi connectivity index (χ2v) is 6.55. The first-order valence-electron chi connectivity index (χ1n) is 8.57. The lowest BCUT2D eigenvalue weighted by Crippen LogP contribution is -2.46. The number of hydrogen-bond donors (Lipinski definition) is 1. The molecule has 2 aliphatic heterocycles. The fourth-order valence-corrected chi connectivity index (χ4v) is 3.61. The van der Waals surface area contributed by atoms with Crippen LogP contribution in [0.2, 0.25) is 0 Å². The van der Waals surface area contributed by atoms with E-state index in [4.69, 9.17) is 4.74 Å². The minimum absolute atomic E-state index is 0.244. The number of benzene rings is 1. The maximum absolute atomic E-state index is 10.3. The number of likely N-dealkylation sites (tertiary alicyclic amines) is 1. The molecule has 2 heterocycles. The van der Waals surface area contributed by atoms with Crippen molar-refractivity contribution in [2.75, 3.05) is 52.5 Å². The minimum atomic E-state index is -0.244. The van der Waals surface area contributed by atoms with Crippen LogP contribution in [0.5, 0.6) is 0 Å². The average molecular weight is 304 g/mol. The lowest BCUT2D eigenvalue weighted by molar-refractivity contribution is 0.00509. The maximum Gasteiger partial charge on any atom is 0.0793 e. The number of aliphatic hydroxyl groups excluding tert-OH is 1. The van der Waals surface area contributed by atoms with Crippen LogP contribution < -0.4 is 0 Å². The second-order valence-electron chi connectivity index (χ2n) is 6.55. The predicted octanol–water partition coefficient (Wildman–Crippen LogP) is 1.56. The van der Waals surface area contributed by atoms with Crippen LogP contribution in [0, 0.1) is 0 Å². The van der Waals surface area contributed by atoms with Crippen LogP contribution >= 0.6 is 0 Å². The maximum atomic E-state index is 10.3. The van der Waals surface area contributed by atoms with Crippen molar-refractivity contribution in [3.8, 4) is 0 Å². The highest BCUT2D eigenvalue weighted by atomic mass is 16.5. The first-order chi connectivity index (χ1) is 10.8. The van der Waals surface area contributed by atoms with E-state index in [9.17, 15) is 5.11 Å². The molecule has 2 fully saturated rings. The van der Waals surface area contributed by atoms with E-state index in [0.29, 0.717) is 5.92 Å². The number of aliphatic hydroxyl groups is 1. The second kappa shape index (κ2) is 8.06. The van der Waals surface area contributed by atoms with Gasteiger partial charge in [0.15, 0.2) is 0 Å². The summed E-state index contributed by atoms with van der Waals surface area (Å²) in [6.07, 6.45) is 2.16. The normalized spacial score (nSPS) is 23.5. The lowest BCUT2D eigenvalue weighted by Gasteiger charge is -2.35. The van der Waals surface area contributed by atoms with E-state index >= 15 is 0 Å². The zero-order valence-corrected chi connectivity index (χ0v) is 13.4. The van der Waals surface area contributed by atoms with Gasteiger partial charge >= 0.3 is 0 Å². The van der Waals surface area contributed by atoms with Crippen molar-refractivity contribution in [1.29, 1.82) is 0 Å². The van der Waals surface area contributed by atoms with Gasteiger partial charge in [0.05, 0.1) is 19.3 Å². The van der Waals surface area contributed by atoms with Crippen molar-refractivity contribution < 1.29 is 9.84 Å². The van der Waals surface area contributed by atoms with Crippen molar-refractivity contribution in [1.82, 2.24) is 9.80 Å². The van der Waals surface area contributed by atoms with Crippen molar-refractivity contribution >= 4 is 0 Å². The Morgan fingerprint density at radius 2 is 1.55 bits per heavy atom. The zero-order valence-electron chi connectivity index (χ0n) is 13.4. The summed E-state index contributed by atoms with van der Waals surface area (Å²) in [6, 6.07) is 10.8. The third kappa shape index (κ3) is 4.53. The Morgan fingerprint density at radius 3 is 2.18 bits per heavy atom. The Kier molecular flexibility index (Phi) is 5.84. The standard InChI is InChI=1S/C18H28N2O2/c21-18(15-20-10-12-22-13-11-20)14-19-8-6-17(7-9-19)16-4-2-1-3-5-16/h1-5,17-18,21H,6-15H2. The molecular weight excluding hydrogens is 276 g/mol. The van der Waals surface area contributed by atoms with Gasteiger partial charge in [-0.2, -0.15) is 0 Å². The van der Waals surface area contributed by atoms with Gasteiger partial charge in [-0.05, 0) is 37.4 Å². The van der Waals surface area contributed by atoms with E-state index in [2.05, 4.69) is 40.1 Å². The highest BCUT2D eigenvalue weighted by molar-refractivity contribution is 5.20. The topological polar surface area (TPSA) is 35.9 Å². The number of β-amino-alcohol motifs (C(OH)–C–C–N with tert-alkyl or cyclic N) is 1. The molecule has 1 aromatic rings. The first-order valence-corrected chi connectivity index (χ1v) is 8.57. The molecule has 4 heteroatoms. The summed E-state index contributed by atoms with van der Waals surface area (Å²) in [7, 11) is 0. The molecule has 0 aliphatic carbocycles. The summed E-state index contributed by atoms with van der Waals surface area (Å²) in [6.45, 7) is 7.28. The monoisotopic (exact) mass is 304 g/mol. The summed E-state index contributed by atoms with van der Waals surface area (Å²) in [4.78, 5) is 4.73. The molecule has 1 atom stereocenters. The van der Waals surface area contributed by atoms with E-state index < -0.39 is 0 Å². The molecule has 122 valence electrons. The summed E-state index contributed by atoms with van der Waals surface area (Å²) in [5.41, 5.74) is 1.47. The van der Waals surface area contributed by atoms with E-state index in [0.717, 1.165) is 52.5 Å². The molecule has 0 radical (unpaired) electrons.